The van der Waals surface area contributed by atoms with Crippen molar-refractivity contribution in [2.24, 2.45) is 0 Å². The molecule has 0 aliphatic carbocycles. The minimum atomic E-state index is 0.785. The van der Waals surface area contributed by atoms with Crippen molar-refractivity contribution < 1.29 is 0 Å². The van der Waals surface area contributed by atoms with E-state index in [4.69, 9.17) is 11.5 Å². The largest absolute Gasteiger partial charge is 0.399 e. The van der Waals surface area contributed by atoms with Gasteiger partial charge in [-0.2, -0.15) is 0 Å². The molecule has 0 fully saturated rings. The molecule has 2 aromatic rings. The normalized spacial score (nSPS) is 14.4. The number of anilines is 4. The number of nitrogens with one attached hydrogen (secondary N) is 2. The third-order valence-electron chi connectivity index (χ3n) is 6.04. The number of hydrogen-bond acceptors (Lipinski definition) is 8. The number of hydrogen-bond donors (Lipinski definition) is 4. The van der Waals surface area contributed by atoms with Gasteiger partial charge >= 0.3 is 0 Å². The van der Waals surface area contributed by atoms with E-state index in [0.29, 0.717) is 0 Å². The first-order valence-corrected chi connectivity index (χ1v) is 12.4. The molecule has 0 atom stereocenters. The Morgan fingerprint density at radius 3 is 1.46 bits per heavy atom. The van der Waals surface area contributed by atoms with Crippen LogP contribution >= 0.6 is 0 Å². The van der Waals surface area contributed by atoms with Gasteiger partial charge in [-0.05, 0) is 55.0 Å². The van der Waals surface area contributed by atoms with Crippen LogP contribution in [0.5, 0.6) is 0 Å². The van der Waals surface area contributed by atoms with Crippen molar-refractivity contribution in [3.05, 3.63) is 73.3 Å². The lowest BCUT2D eigenvalue weighted by Crippen LogP contribution is -2.29. The van der Waals surface area contributed by atoms with Gasteiger partial charge in [-0.25, -0.2) is 9.80 Å². The molecule has 2 aromatic carbocycles. The fraction of sp³-hybridized carbons (Fsp3) is 0.333. The molecule has 0 aromatic heterocycles. The van der Waals surface area contributed by atoms with Crippen LogP contribution in [-0.2, 0) is 0 Å². The molecular formula is C27H36N8+2. The highest BCUT2D eigenvalue weighted by molar-refractivity contribution is 5.86. The summed E-state index contributed by atoms with van der Waals surface area (Å²) in [6.45, 7) is 3.72. The molecular weight excluding hydrogens is 436 g/mol. The number of nitrogens with zero attached hydrogens (tertiary/aromatic N) is 4. The Balaban J connectivity index is 1.10. The van der Waals surface area contributed by atoms with Gasteiger partial charge in [0.2, 0.25) is 0 Å². The van der Waals surface area contributed by atoms with E-state index in [1.54, 1.807) is 0 Å². The van der Waals surface area contributed by atoms with Crippen molar-refractivity contribution in [2.75, 3.05) is 48.3 Å². The first-order chi connectivity index (χ1) is 17.2. The van der Waals surface area contributed by atoms with E-state index in [-0.39, 0.29) is 0 Å². The molecule has 0 unspecified atom stereocenters. The summed E-state index contributed by atoms with van der Waals surface area (Å²) in [7, 11) is 0. The van der Waals surface area contributed by atoms with Gasteiger partial charge in [0.15, 0.2) is 12.4 Å². The first-order valence-electron chi connectivity index (χ1n) is 12.4. The number of nitrogens with two attached hydrogens (primary N) is 2. The summed E-state index contributed by atoms with van der Waals surface area (Å²) in [5.74, 6) is 2.28. The standard InChI is InChI=1S/C27H36N8/c28-22-6-10-24(11-7-22)30-14-2-18-34-20-16-32-26(34)4-1-5-27-33-17-21-35(27)19-3-15-31-25-12-8-23(29)9-13-25/h6-13,16-17,20-21,30-31H,1-5,14-15,18-19,28-29H2/q+2. The van der Waals surface area contributed by atoms with Crippen molar-refractivity contribution in [3.63, 3.8) is 0 Å². The Bertz CT molecular complexity index is 968. The van der Waals surface area contributed by atoms with Crippen LogP contribution in [0.4, 0.5) is 22.7 Å². The zero-order chi connectivity index (χ0) is 24.3. The van der Waals surface area contributed by atoms with E-state index >= 15 is 0 Å². The molecule has 2 heterocycles. The molecule has 0 bridgehead atoms. The quantitative estimate of drug-likeness (QED) is 0.248. The SMILES string of the molecule is Nc1ccc(NCCCN2C=C[N+]=C2CCCC2=[N+]C=CN2CCCNc2ccc(N)cc2)cc1. The monoisotopic (exact) mass is 472 g/mol. The molecule has 0 spiro atoms. The van der Waals surface area contributed by atoms with Gasteiger partial charge in [0.05, 0.1) is 25.9 Å². The Hall–Kier alpha value is -3.94. The van der Waals surface area contributed by atoms with Crippen LogP contribution in [0.1, 0.15) is 32.1 Å². The fourth-order valence-electron chi connectivity index (χ4n) is 4.11. The van der Waals surface area contributed by atoms with E-state index in [9.17, 15) is 0 Å². The van der Waals surface area contributed by atoms with Crippen molar-refractivity contribution in [1.29, 1.82) is 0 Å². The smallest absolute Gasteiger partial charge is 0.298 e. The summed E-state index contributed by atoms with van der Waals surface area (Å²) < 4.78 is 0. The number of benzene rings is 2. The maximum atomic E-state index is 5.74. The molecule has 4 rings (SSSR count). The molecule has 2 aliphatic rings. The average Bonchev–Trinajstić information content (AvgIpc) is 3.51. The van der Waals surface area contributed by atoms with E-state index < -0.39 is 0 Å². The molecule has 182 valence electrons. The number of rotatable bonds is 14. The van der Waals surface area contributed by atoms with Crippen LogP contribution in [0.2, 0.25) is 0 Å². The Kier molecular flexibility index (Phi) is 8.64. The van der Waals surface area contributed by atoms with Gasteiger partial charge < -0.3 is 22.1 Å². The zero-order valence-corrected chi connectivity index (χ0v) is 20.2. The second-order valence-corrected chi connectivity index (χ2v) is 8.73. The van der Waals surface area contributed by atoms with Crippen LogP contribution in [0, 0.1) is 0 Å². The lowest BCUT2D eigenvalue weighted by molar-refractivity contribution is 0.525. The summed E-state index contributed by atoms with van der Waals surface area (Å²) in [5, 5.41) is 6.89. The van der Waals surface area contributed by atoms with Gasteiger partial charge in [0, 0.05) is 48.7 Å². The average molecular weight is 473 g/mol. The van der Waals surface area contributed by atoms with Crippen LogP contribution in [-0.4, -0.2) is 47.7 Å². The van der Waals surface area contributed by atoms with E-state index in [0.717, 1.165) is 92.7 Å². The molecule has 8 nitrogen and oxygen atoms in total. The highest BCUT2D eigenvalue weighted by atomic mass is 15.2. The summed E-state index contributed by atoms with van der Waals surface area (Å²) in [6, 6.07) is 15.7. The highest BCUT2D eigenvalue weighted by Crippen LogP contribution is 2.13. The maximum Gasteiger partial charge on any atom is 0.298 e. The lowest BCUT2D eigenvalue weighted by atomic mass is 10.2. The minimum Gasteiger partial charge on any atom is -0.399 e. The summed E-state index contributed by atoms with van der Waals surface area (Å²) in [6.07, 6.45) is 12.9. The molecule has 8 heteroatoms. The number of amidine groups is 2. The number of aliphatic imine (C=N–C) groups is 2. The van der Waals surface area contributed by atoms with Crippen LogP contribution in [0.15, 0.2) is 73.3 Å². The molecule has 0 saturated carbocycles. The Morgan fingerprint density at radius 2 is 1.03 bits per heavy atom. The molecule has 35 heavy (non-hydrogen) atoms. The zero-order valence-electron chi connectivity index (χ0n) is 20.2. The highest BCUT2D eigenvalue weighted by Gasteiger charge is 2.26. The summed E-state index contributed by atoms with van der Waals surface area (Å²) in [4.78, 5) is 13.7. The third kappa shape index (κ3) is 7.53. The molecule has 0 saturated heterocycles. The summed E-state index contributed by atoms with van der Waals surface area (Å²) in [5.41, 5.74) is 15.3. The molecule has 0 amide bonds. The van der Waals surface area contributed by atoms with Crippen LogP contribution in [0.25, 0.3) is 0 Å². The predicted octanol–water partition coefficient (Wildman–Crippen LogP) is 3.37. The van der Waals surface area contributed by atoms with Crippen molar-refractivity contribution in [1.82, 2.24) is 19.8 Å². The second kappa shape index (κ2) is 12.5. The predicted molar refractivity (Wildman–Crippen MR) is 148 cm³/mol. The van der Waals surface area contributed by atoms with Gasteiger partial charge in [-0.1, -0.05) is 9.98 Å². The van der Waals surface area contributed by atoms with Gasteiger partial charge in [-0.3, -0.25) is 0 Å². The Labute approximate surface area is 208 Å². The van der Waals surface area contributed by atoms with E-state index in [1.807, 2.05) is 60.9 Å². The molecule has 6 N–H and O–H groups in total. The van der Waals surface area contributed by atoms with Crippen LogP contribution in [0.3, 0.4) is 0 Å². The molecule has 2 aliphatic heterocycles. The molecule has 2 radical (unpaired) electrons. The van der Waals surface area contributed by atoms with Gasteiger partial charge in [-0.15, -0.1) is 0 Å². The van der Waals surface area contributed by atoms with E-state index in [2.05, 4.69) is 42.8 Å². The third-order valence-corrected chi connectivity index (χ3v) is 6.04. The van der Waals surface area contributed by atoms with Crippen molar-refractivity contribution >= 4 is 34.4 Å². The topological polar surface area (TPSA) is 111 Å². The van der Waals surface area contributed by atoms with E-state index in [1.165, 1.54) is 0 Å². The van der Waals surface area contributed by atoms with Gasteiger partial charge in [0.1, 0.15) is 12.4 Å². The maximum absolute atomic E-state index is 5.74. The van der Waals surface area contributed by atoms with Crippen LogP contribution < -0.4 is 32.1 Å². The second-order valence-electron chi connectivity index (χ2n) is 8.73. The van der Waals surface area contributed by atoms with Crippen molar-refractivity contribution in [3.8, 4) is 0 Å². The fourth-order valence-corrected chi connectivity index (χ4v) is 4.11. The Morgan fingerprint density at radius 1 is 0.600 bits per heavy atom. The number of nitrogen functional groups attached to an aromatic ring is 2. The minimum absolute atomic E-state index is 0.785. The summed E-state index contributed by atoms with van der Waals surface area (Å²) >= 11 is 0. The van der Waals surface area contributed by atoms with Crippen molar-refractivity contribution in [2.45, 2.75) is 32.1 Å². The van der Waals surface area contributed by atoms with Gasteiger partial charge in [0.25, 0.3) is 11.7 Å². The lowest BCUT2D eigenvalue weighted by Gasteiger charge is -2.12. The first kappa shape index (κ1) is 24.2.